The lowest BCUT2D eigenvalue weighted by atomic mass is 10.0. The molecule has 3 N–H and O–H groups in total. The quantitative estimate of drug-likeness (QED) is 0.0320. The molecule has 6 nitrogen and oxygen atoms in total. The number of amides is 1. The summed E-state index contributed by atoms with van der Waals surface area (Å²) in [6.45, 7) is 4.91. The monoisotopic (exact) mass is 1050 g/mol. The summed E-state index contributed by atoms with van der Waals surface area (Å²) in [4.78, 5) is 24.6. The van der Waals surface area contributed by atoms with Crippen molar-refractivity contribution < 1.29 is 24.5 Å². The van der Waals surface area contributed by atoms with Gasteiger partial charge in [-0.25, -0.2) is 0 Å². The highest BCUT2D eigenvalue weighted by Gasteiger charge is 2.18. The zero-order valence-electron chi connectivity index (χ0n) is 50.5. The molecular weight excluding hydrogens is 923 g/mol. The van der Waals surface area contributed by atoms with E-state index in [4.69, 9.17) is 4.74 Å². The molecule has 0 aliphatic heterocycles. The van der Waals surface area contributed by atoms with Gasteiger partial charge < -0.3 is 20.3 Å². The van der Waals surface area contributed by atoms with Gasteiger partial charge in [0, 0.05) is 12.8 Å². The average molecular weight is 1050 g/mol. The summed E-state index contributed by atoms with van der Waals surface area (Å²) in [6.07, 6.45) is 82.1. The number of unbranched alkanes of at least 4 members (excludes halogenated alkanes) is 48. The van der Waals surface area contributed by atoms with Crippen molar-refractivity contribution in [2.45, 2.75) is 379 Å². The third-order valence-electron chi connectivity index (χ3n) is 15.6. The number of ether oxygens (including phenoxy) is 1. The normalized spacial score (nSPS) is 12.7. The summed E-state index contributed by atoms with van der Waals surface area (Å²) < 4.78 is 5.51. The predicted molar refractivity (Wildman–Crippen MR) is 329 cm³/mol. The molecule has 2 unspecified atom stereocenters. The van der Waals surface area contributed by atoms with Crippen LogP contribution in [-0.2, 0) is 14.3 Å². The minimum atomic E-state index is -0.844. The molecule has 0 radical (unpaired) electrons. The van der Waals surface area contributed by atoms with Crippen LogP contribution in [0.25, 0.3) is 0 Å². The third kappa shape index (κ3) is 61.2. The highest BCUT2D eigenvalue weighted by Crippen LogP contribution is 2.17. The predicted octanol–water partition coefficient (Wildman–Crippen LogP) is 21.5. The lowest BCUT2D eigenvalue weighted by Crippen LogP contribution is -2.45. The molecule has 1 amide bonds. The molecule has 0 aromatic rings. The smallest absolute Gasteiger partial charge is 0.305 e. The Morgan fingerprint density at radius 3 is 0.947 bits per heavy atom. The van der Waals surface area contributed by atoms with Crippen molar-refractivity contribution in [2.75, 3.05) is 13.2 Å². The molecule has 6 heteroatoms. The summed E-state index contributed by atoms with van der Waals surface area (Å²) in [5.41, 5.74) is 0. The van der Waals surface area contributed by atoms with E-state index in [9.17, 15) is 19.8 Å². The van der Waals surface area contributed by atoms with E-state index < -0.39 is 12.1 Å². The number of aliphatic hydroxyl groups is 2. The molecule has 0 aromatic carbocycles. The van der Waals surface area contributed by atoms with Crippen LogP contribution in [0.4, 0.5) is 0 Å². The van der Waals surface area contributed by atoms with Crippen LogP contribution in [-0.4, -0.2) is 47.4 Å². The second-order valence-corrected chi connectivity index (χ2v) is 23.1. The van der Waals surface area contributed by atoms with Gasteiger partial charge in [0.25, 0.3) is 0 Å². The van der Waals surface area contributed by atoms with Crippen molar-refractivity contribution >= 4 is 11.9 Å². The summed E-state index contributed by atoms with van der Waals surface area (Å²) in [5, 5.41) is 23.1. The average Bonchev–Trinajstić information content (AvgIpc) is 3.41. The van der Waals surface area contributed by atoms with Crippen LogP contribution in [0, 0.1) is 0 Å². The van der Waals surface area contributed by atoms with E-state index in [1.165, 1.54) is 302 Å². The zero-order chi connectivity index (χ0) is 54.3. The third-order valence-corrected chi connectivity index (χ3v) is 15.6. The largest absolute Gasteiger partial charge is 0.466 e. The topological polar surface area (TPSA) is 95.9 Å². The molecule has 75 heavy (non-hydrogen) atoms. The molecule has 2 atom stereocenters. The number of hydrogen-bond donors (Lipinski definition) is 3. The van der Waals surface area contributed by atoms with Gasteiger partial charge in [-0.3, -0.25) is 9.59 Å². The summed E-state index contributed by atoms with van der Waals surface area (Å²) >= 11 is 0. The highest BCUT2D eigenvalue weighted by molar-refractivity contribution is 5.76. The Kier molecular flexibility index (Phi) is 63.0. The van der Waals surface area contributed by atoms with Crippen LogP contribution in [0.3, 0.4) is 0 Å². The van der Waals surface area contributed by atoms with Crippen LogP contribution >= 0.6 is 0 Å². The Labute approximate surface area is 468 Å². The second kappa shape index (κ2) is 64.6. The molecule has 0 saturated heterocycles. The Hall–Kier alpha value is -1.92. The van der Waals surface area contributed by atoms with Crippen LogP contribution in [0.2, 0.25) is 0 Å². The van der Waals surface area contributed by atoms with Crippen molar-refractivity contribution in [2.24, 2.45) is 0 Å². The van der Waals surface area contributed by atoms with E-state index in [0.717, 1.165) is 38.5 Å². The van der Waals surface area contributed by atoms with E-state index in [2.05, 4.69) is 43.5 Å². The molecule has 0 bridgehead atoms. The van der Waals surface area contributed by atoms with Gasteiger partial charge in [-0.15, -0.1) is 0 Å². The standard InChI is InChI=1S/C69H131NO5/c1-3-5-7-9-11-13-15-17-18-19-29-33-36-39-43-47-51-55-59-63-69(74)75-64-60-56-52-48-44-40-37-34-31-28-26-24-22-20-21-23-25-27-30-32-35-38-42-46-50-54-58-62-68(73)70-66(65-71)67(72)61-57-53-49-45-41-16-14-12-10-8-6-4-2/h17-18,20-21,57,61,66-67,71-72H,3-16,19,22-56,58-60,62-65H2,1-2H3,(H,70,73)/b18-17-,21-20-,61-57+. The van der Waals surface area contributed by atoms with Gasteiger partial charge in [-0.1, -0.05) is 307 Å². The number of aliphatic hydroxyl groups excluding tert-OH is 2. The first-order valence-electron chi connectivity index (χ1n) is 33.8. The lowest BCUT2D eigenvalue weighted by molar-refractivity contribution is -0.143. The maximum absolute atomic E-state index is 12.4. The van der Waals surface area contributed by atoms with Gasteiger partial charge >= 0.3 is 5.97 Å². The van der Waals surface area contributed by atoms with E-state index in [1.54, 1.807) is 6.08 Å². The SMILES string of the molecule is CCCCCCCC/C=C\CCCCCCCCCCCC(=O)OCCCCCCCCCCCCCC/C=C\CCCCCCCCCCCCCC(=O)NC(CO)C(O)/C=C/CCCCCCCCCCCC. The number of nitrogens with one attached hydrogen (secondary N) is 1. The summed E-state index contributed by atoms with van der Waals surface area (Å²) in [5.74, 6) is -0.0540. The summed E-state index contributed by atoms with van der Waals surface area (Å²) in [7, 11) is 0. The van der Waals surface area contributed by atoms with Crippen molar-refractivity contribution in [3.8, 4) is 0 Å². The molecule has 0 fully saturated rings. The van der Waals surface area contributed by atoms with Gasteiger partial charge in [0.2, 0.25) is 5.91 Å². The van der Waals surface area contributed by atoms with Crippen LogP contribution in [0.1, 0.15) is 367 Å². The lowest BCUT2D eigenvalue weighted by Gasteiger charge is -2.20. The molecule has 0 aliphatic rings. The molecule has 442 valence electrons. The van der Waals surface area contributed by atoms with Crippen LogP contribution in [0.15, 0.2) is 36.5 Å². The molecular formula is C69H131NO5. The number of carbonyl (C=O) groups is 2. The number of rotatable bonds is 63. The van der Waals surface area contributed by atoms with Crippen molar-refractivity contribution in [1.82, 2.24) is 5.32 Å². The Balaban J connectivity index is 3.37. The van der Waals surface area contributed by atoms with Gasteiger partial charge in [-0.2, -0.15) is 0 Å². The van der Waals surface area contributed by atoms with Gasteiger partial charge in [0.15, 0.2) is 0 Å². The van der Waals surface area contributed by atoms with Crippen molar-refractivity contribution in [1.29, 1.82) is 0 Å². The maximum atomic E-state index is 12.4. The molecule has 0 saturated carbocycles. The highest BCUT2D eigenvalue weighted by atomic mass is 16.5. The second-order valence-electron chi connectivity index (χ2n) is 23.1. The first kappa shape index (κ1) is 73.1. The van der Waals surface area contributed by atoms with Gasteiger partial charge in [0.05, 0.1) is 25.4 Å². The van der Waals surface area contributed by atoms with Gasteiger partial charge in [0.1, 0.15) is 0 Å². The zero-order valence-corrected chi connectivity index (χ0v) is 50.5. The fourth-order valence-corrected chi connectivity index (χ4v) is 10.4. The minimum absolute atomic E-state index is 0.0145. The number of allylic oxidation sites excluding steroid dienone is 5. The minimum Gasteiger partial charge on any atom is -0.466 e. The Morgan fingerprint density at radius 1 is 0.360 bits per heavy atom. The molecule has 0 aliphatic carbocycles. The van der Waals surface area contributed by atoms with E-state index >= 15 is 0 Å². The van der Waals surface area contributed by atoms with E-state index in [1.807, 2.05) is 6.08 Å². The summed E-state index contributed by atoms with van der Waals surface area (Å²) in [6, 6.07) is -0.628. The fraction of sp³-hybridized carbons (Fsp3) is 0.884. The number of carbonyl (C=O) groups excluding carboxylic acids is 2. The van der Waals surface area contributed by atoms with Gasteiger partial charge in [-0.05, 0) is 83.5 Å². The molecule has 0 heterocycles. The van der Waals surface area contributed by atoms with Crippen molar-refractivity contribution in [3.63, 3.8) is 0 Å². The van der Waals surface area contributed by atoms with Crippen LogP contribution < -0.4 is 5.32 Å². The maximum Gasteiger partial charge on any atom is 0.305 e. The first-order valence-corrected chi connectivity index (χ1v) is 33.8. The van der Waals surface area contributed by atoms with E-state index in [0.29, 0.717) is 19.4 Å². The van der Waals surface area contributed by atoms with E-state index in [-0.39, 0.29) is 18.5 Å². The fourth-order valence-electron chi connectivity index (χ4n) is 10.4. The Morgan fingerprint density at radius 2 is 0.627 bits per heavy atom. The first-order chi connectivity index (χ1) is 37.0. The molecule has 0 spiro atoms. The van der Waals surface area contributed by atoms with Crippen LogP contribution in [0.5, 0.6) is 0 Å². The number of hydrogen-bond acceptors (Lipinski definition) is 5. The Bertz CT molecular complexity index is 1210. The number of esters is 1. The molecule has 0 rings (SSSR count). The molecule has 0 aromatic heterocycles. The van der Waals surface area contributed by atoms with Crippen molar-refractivity contribution in [3.05, 3.63) is 36.5 Å².